The quantitative estimate of drug-likeness (QED) is 0.770. The first-order valence-electron chi connectivity index (χ1n) is 10.2. The zero-order chi connectivity index (χ0) is 22.2. The van der Waals surface area contributed by atoms with E-state index in [1.165, 1.54) is 16.8 Å². The third-order valence-electron chi connectivity index (χ3n) is 6.18. The van der Waals surface area contributed by atoms with Gasteiger partial charge in [-0.3, -0.25) is 9.59 Å². The molecule has 2 aromatic rings. The van der Waals surface area contributed by atoms with Gasteiger partial charge in [0, 0.05) is 24.4 Å². The fraction of sp³-hybridized carbons (Fsp3) is 0.391. The molecule has 0 aliphatic heterocycles. The number of carbonyl (C=O) groups is 1. The smallest absolute Gasteiger partial charge is 0.270 e. The largest absolute Gasteiger partial charge is 0.491 e. The van der Waals surface area contributed by atoms with Crippen LogP contribution >= 0.6 is 0 Å². The Morgan fingerprint density at radius 1 is 1.35 bits per heavy atom. The Bertz CT molecular complexity index is 1140. The van der Waals surface area contributed by atoms with E-state index in [1.54, 1.807) is 20.9 Å². The minimum Gasteiger partial charge on any atom is -0.491 e. The fourth-order valence-electron chi connectivity index (χ4n) is 4.17. The summed E-state index contributed by atoms with van der Waals surface area (Å²) in [5, 5.41) is 6.98. The molecule has 0 radical (unpaired) electrons. The Morgan fingerprint density at radius 2 is 2.16 bits per heavy atom. The van der Waals surface area contributed by atoms with Crippen LogP contribution in [0.15, 0.2) is 47.4 Å². The average molecular weight is 424 g/mol. The number of nitrogens with one attached hydrogen (secondary N) is 1. The number of amides is 1. The lowest BCUT2D eigenvalue weighted by Gasteiger charge is -2.26. The van der Waals surface area contributed by atoms with E-state index in [2.05, 4.69) is 27.6 Å². The van der Waals surface area contributed by atoms with Crippen LogP contribution in [0.1, 0.15) is 24.1 Å². The number of allylic oxidation sites excluding steroid dienone is 4. The Balaban J connectivity index is 1.53. The van der Waals surface area contributed by atoms with Crippen LogP contribution in [-0.2, 0) is 11.8 Å². The number of carbonyl (C=O) groups excluding carboxylic acids is 1. The van der Waals surface area contributed by atoms with E-state index < -0.39 is 11.2 Å². The van der Waals surface area contributed by atoms with Crippen LogP contribution in [0.25, 0.3) is 0 Å². The highest BCUT2D eigenvalue weighted by atomic mass is 19.1. The lowest BCUT2D eigenvalue weighted by atomic mass is 9.82. The molecular weight excluding hydrogens is 399 g/mol. The van der Waals surface area contributed by atoms with Crippen molar-refractivity contribution < 1.29 is 13.9 Å². The standard InChI is InChI=1S/C23H25FN4O3/c1-14-9-20(25-12-18(14)24)26-22(30)17-11-23(17,16-7-5-4-6-8-16)13-31-19-10-21(29)28(3)27-15(19)2/h4-7,9-10,12,16-17H,8,11,13H2,1-3H3,(H,25,26,30)/t16?,17-,23+/m0/s1. The topological polar surface area (TPSA) is 86.1 Å². The van der Waals surface area contributed by atoms with Gasteiger partial charge in [0.1, 0.15) is 23.1 Å². The van der Waals surface area contributed by atoms with Crippen molar-refractivity contribution in [2.75, 3.05) is 11.9 Å². The average Bonchev–Trinajstić information content (AvgIpc) is 3.49. The molecule has 162 valence electrons. The Kier molecular flexibility index (Phi) is 5.47. The van der Waals surface area contributed by atoms with Crippen molar-refractivity contribution in [1.29, 1.82) is 0 Å². The van der Waals surface area contributed by atoms with Gasteiger partial charge in [-0.2, -0.15) is 5.10 Å². The molecule has 0 saturated heterocycles. The molecule has 1 unspecified atom stereocenters. The summed E-state index contributed by atoms with van der Waals surface area (Å²) in [5.74, 6) is 0.0424. The number of hydrogen-bond donors (Lipinski definition) is 1. The number of pyridine rings is 1. The lowest BCUT2D eigenvalue weighted by Crippen LogP contribution is -2.30. The summed E-state index contributed by atoms with van der Waals surface area (Å²) in [6.07, 6.45) is 10.7. The molecule has 3 atom stereocenters. The van der Waals surface area contributed by atoms with E-state index >= 15 is 0 Å². The van der Waals surface area contributed by atoms with Crippen molar-refractivity contribution >= 4 is 11.7 Å². The highest BCUT2D eigenvalue weighted by molar-refractivity contribution is 5.94. The summed E-state index contributed by atoms with van der Waals surface area (Å²) in [4.78, 5) is 28.9. The minimum absolute atomic E-state index is 0.135. The van der Waals surface area contributed by atoms with Crippen LogP contribution in [0.5, 0.6) is 5.75 Å². The molecule has 31 heavy (non-hydrogen) atoms. The Hall–Kier alpha value is -3.29. The first-order chi connectivity index (χ1) is 14.8. The summed E-state index contributed by atoms with van der Waals surface area (Å²) in [6, 6.07) is 2.95. The van der Waals surface area contributed by atoms with Gasteiger partial charge in [0.15, 0.2) is 0 Å². The predicted molar refractivity (Wildman–Crippen MR) is 114 cm³/mol. The van der Waals surface area contributed by atoms with Gasteiger partial charge < -0.3 is 10.1 Å². The van der Waals surface area contributed by atoms with E-state index in [-0.39, 0.29) is 23.3 Å². The molecule has 2 aliphatic carbocycles. The number of aromatic nitrogens is 3. The van der Waals surface area contributed by atoms with Crippen LogP contribution in [0.3, 0.4) is 0 Å². The highest BCUT2D eigenvalue weighted by Crippen LogP contribution is 2.60. The van der Waals surface area contributed by atoms with Gasteiger partial charge in [0.25, 0.3) is 5.56 Å². The van der Waals surface area contributed by atoms with Crippen molar-refractivity contribution in [2.45, 2.75) is 26.7 Å². The van der Waals surface area contributed by atoms with Crippen molar-refractivity contribution in [3.05, 3.63) is 70.1 Å². The van der Waals surface area contributed by atoms with Crippen molar-refractivity contribution in [3.8, 4) is 5.75 Å². The molecule has 1 fully saturated rings. The number of ether oxygens (including phenoxy) is 1. The molecule has 7 nitrogen and oxygen atoms in total. The fourth-order valence-corrected chi connectivity index (χ4v) is 4.17. The maximum absolute atomic E-state index is 13.5. The molecule has 2 aliphatic rings. The van der Waals surface area contributed by atoms with Crippen molar-refractivity contribution in [1.82, 2.24) is 14.8 Å². The summed E-state index contributed by atoms with van der Waals surface area (Å²) < 4.78 is 20.8. The molecule has 0 aromatic carbocycles. The number of aryl methyl sites for hydroxylation is 3. The first kappa shape index (κ1) is 21.0. The van der Waals surface area contributed by atoms with E-state index in [1.807, 2.05) is 12.2 Å². The molecule has 1 amide bonds. The summed E-state index contributed by atoms with van der Waals surface area (Å²) in [5.41, 5.74) is 0.389. The monoisotopic (exact) mass is 424 g/mol. The predicted octanol–water partition coefficient (Wildman–Crippen LogP) is 3.09. The van der Waals surface area contributed by atoms with Crippen molar-refractivity contribution in [2.24, 2.45) is 24.3 Å². The molecule has 4 rings (SSSR count). The maximum Gasteiger partial charge on any atom is 0.270 e. The molecule has 2 heterocycles. The summed E-state index contributed by atoms with van der Waals surface area (Å²) >= 11 is 0. The van der Waals surface area contributed by atoms with E-state index in [4.69, 9.17) is 4.74 Å². The molecule has 2 aromatic heterocycles. The second kappa shape index (κ2) is 8.09. The second-order valence-corrected chi connectivity index (χ2v) is 8.30. The zero-order valence-electron chi connectivity index (χ0n) is 17.8. The minimum atomic E-state index is -0.413. The van der Waals surface area contributed by atoms with Gasteiger partial charge in [-0.05, 0) is 44.2 Å². The number of anilines is 1. The summed E-state index contributed by atoms with van der Waals surface area (Å²) in [7, 11) is 1.59. The third-order valence-corrected chi connectivity index (χ3v) is 6.18. The SMILES string of the molecule is Cc1cc(NC(=O)[C@@H]2C[C@@]2(COc2cc(=O)n(C)nc2C)C2C=CC=CC2)ncc1F. The molecule has 0 bridgehead atoms. The summed E-state index contributed by atoms with van der Waals surface area (Å²) in [6.45, 7) is 3.70. The van der Waals surface area contributed by atoms with E-state index in [9.17, 15) is 14.0 Å². The highest BCUT2D eigenvalue weighted by Gasteiger charge is 2.62. The molecular formula is C23H25FN4O3. The van der Waals surface area contributed by atoms with Gasteiger partial charge in [-0.15, -0.1) is 0 Å². The number of rotatable bonds is 6. The van der Waals surface area contributed by atoms with Crippen LogP contribution in [0.2, 0.25) is 0 Å². The second-order valence-electron chi connectivity index (χ2n) is 8.30. The molecule has 1 N–H and O–H groups in total. The molecule has 0 spiro atoms. The zero-order valence-corrected chi connectivity index (χ0v) is 17.8. The van der Waals surface area contributed by atoms with Crippen molar-refractivity contribution in [3.63, 3.8) is 0 Å². The molecule has 8 heteroatoms. The Morgan fingerprint density at radius 3 is 2.87 bits per heavy atom. The number of hydrogen-bond acceptors (Lipinski definition) is 5. The molecule has 1 saturated carbocycles. The Labute approximate surface area is 179 Å². The van der Waals surface area contributed by atoms with Crippen LogP contribution < -0.4 is 15.6 Å². The van der Waals surface area contributed by atoms with Gasteiger partial charge in [-0.1, -0.05) is 24.3 Å². The van der Waals surface area contributed by atoms with E-state index in [0.717, 1.165) is 12.6 Å². The number of halogens is 1. The van der Waals surface area contributed by atoms with Crippen LogP contribution in [0.4, 0.5) is 10.2 Å². The third kappa shape index (κ3) is 4.15. The van der Waals surface area contributed by atoms with Gasteiger partial charge >= 0.3 is 0 Å². The van der Waals surface area contributed by atoms with Crippen LogP contribution in [-0.4, -0.2) is 27.3 Å². The maximum atomic E-state index is 13.5. The van der Waals surface area contributed by atoms with Gasteiger partial charge in [-0.25, -0.2) is 14.1 Å². The van der Waals surface area contributed by atoms with Crippen LogP contribution in [0, 0.1) is 36.9 Å². The number of nitrogens with zero attached hydrogens (tertiary/aromatic N) is 3. The lowest BCUT2D eigenvalue weighted by molar-refractivity contribution is -0.118. The normalized spacial score (nSPS) is 24.1. The first-order valence-corrected chi connectivity index (χ1v) is 10.2. The van der Waals surface area contributed by atoms with E-state index in [0.29, 0.717) is 35.9 Å². The van der Waals surface area contributed by atoms with Gasteiger partial charge in [0.2, 0.25) is 5.91 Å². The van der Waals surface area contributed by atoms with Gasteiger partial charge in [0.05, 0.1) is 12.8 Å².